The SMILES string of the molecule is CC(=O)c1ccc(S(=O)(=O)NCC(F)(F)C(F)F)cc1. The van der Waals surface area contributed by atoms with Crippen molar-refractivity contribution in [3.63, 3.8) is 0 Å². The molecule has 1 N–H and O–H groups in total. The van der Waals surface area contributed by atoms with E-state index < -0.39 is 33.8 Å². The van der Waals surface area contributed by atoms with Gasteiger partial charge in [-0.25, -0.2) is 21.9 Å². The van der Waals surface area contributed by atoms with E-state index in [1.54, 1.807) is 0 Å². The second-order valence-corrected chi connectivity index (χ2v) is 5.73. The van der Waals surface area contributed by atoms with E-state index in [0.29, 0.717) is 0 Å². The van der Waals surface area contributed by atoms with Crippen LogP contribution in [-0.2, 0) is 10.0 Å². The van der Waals surface area contributed by atoms with Gasteiger partial charge in [0.1, 0.15) is 0 Å². The monoisotopic (exact) mass is 313 g/mol. The second-order valence-electron chi connectivity index (χ2n) is 3.97. The molecule has 0 saturated carbocycles. The Morgan fingerprint density at radius 3 is 2.15 bits per heavy atom. The third-order valence-electron chi connectivity index (χ3n) is 2.39. The van der Waals surface area contributed by atoms with E-state index in [0.717, 1.165) is 12.1 Å². The molecular formula is C11H11F4NO3S. The highest BCUT2D eigenvalue weighted by atomic mass is 32.2. The molecular weight excluding hydrogens is 302 g/mol. The lowest BCUT2D eigenvalue weighted by atomic mass is 10.2. The maximum atomic E-state index is 12.6. The van der Waals surface area contributed by atoms with Crippen LogP contribution in [0, 0.1) is 0 Å². The highest BCUT2D eigenvalue weighted by molar-refractivity contribution is 7.89. The Hall–Kier alpha value is -1.48. The van der Waals surface area contributed by atoms with Crippen molar-refractivity contribution in [2.45, 2.75) is 24.2 Å². The number of nitrogens with one attached hydrogen (secondary N) is 1. The van der Waals surface area contributed by atoms with Gasteiger partial charge in [0, 0.05) is 5.56 Å². The van der Waals surface area contributed by atoms with Crippen LogP contribution >= 0.6 is 0 Å². The molecule has 20 heavy (non-hydrogen) atoms. The first-order valence-corrected chi connectivity index (χ1v) is 6.81. The molecule has 0 spiro atoms. The van der Waals surface area contributed by atoms with Gasteiger partial charge in [0.15, 0.2) is 5.78 Å². The van der Waals surface area contributed by atoms with Crippen LogP contribution in [0.5, 0.6) is 0 Å². The highest BCUT2D eigenvalue weighted by Crippen LogP contribution is 2.22. The van der Waals surface area contributed by atoms with Crippen LogP contribution in [0.15, 0.2) is 29.2 Å². The molecule has 0 heterocycles. The molecule has 0 aromatic heterocycles. The number of halogens is 4. The molecule has 0 aliphatic heterocycles. The summed E-state index contributed by atoms with van der Waals surface area (Å²) in [5, 5.41) is 0. The Kier molecular flexibility index (Phi) is 4.87. The van der Waals surface area contributed by atoms with Crippen molar-refractivity contribution in [3.8, 4) is 0 Å². The summed E-state index contributed by atoms with van der Waals surface area (Å²) in [6, 6.07) is 4.45. The van der Waals surface area contributed by atoms with E-state index in [1.165, 1.54) is 23.8 Å². The van der Waals surface area contributed by atoms with Gasteiger partial charge in [-0.1, -0.05) is 12.1 Å². The molecule has 0 atom stereocenters. The Morgan fingerprint density at radius 2 is 1.75 bits per heavy atom. The van der Waals surface area contributed by atoms with Crippen LogP contribution < -0.4 is 4.72 Å². The number of hydrogen-bond acceptors (Lipinski definition) is 3. The summed E-state index contributed by atoms with van der Waals surface area (Å²) in [6.07, 6.45) is -3.97. The van der Waals surface area contributed by atoms with E-state index in [2.05, 4.69) is 0 Å². The van der Waals surface area contributed by atoms with Crippen LogP contribution in [0.2, 0.25) is 0 Å². The molecule has 0 unspecified atom stereocenters. The average Bonchev–Trinajstić information content (AvgIpc) is 2.36. The normalized spacial score (nSPS) is 12.7. The number of sulfonamides is 1. The quantitative estimate of drug-likeness (QED) is 0.646. The molecule has 0 fully saturated rings. The van der Waals surface area contributed by atoms with Gasteiger partial charge >= 0.3 is 12.3 Å². The number of hydrogen-bond donors (Lipinski definition) is 1. The zero-order chi connectivity index (χ0) is 15.6. The minimum Gasteiger partial charge on any atom is -0.295 e. The van der Waals surface area contributed by atoms with Gasteiger partial charge in [-0.15, -0.1) is 0 Å². The summed E-state index contributed by atoms with van der Waals surface area (Å²) in [7, 11) is -4.34. The van der Waals surface area contributed by atoms with Crippen molar-refractivity contribution < 1.29 is 30.8 Å². The van der Waals surface area contributed by atoms with Crippen molar-refractivity contribution >= 4 is 15.8 Å². The zero-order valence-corrected chi connectivity index (χ0v) is 11.1. The first-order chi connectivity index (χ1) is 9.06. The van der Waals surface area contributed by atoms with E-state index in [9.17, 15) is 30.8 Å². The summed E-state index contributed by atoms with van der Waals surface area (Å²) < 4.78 is 73.7. The van der Waals surface area contributed by atoms with Crippen LogP contribution in [0.3, 0.4) is 0 Å². The van der Waals surface area contributed by atoms with Gasteiger partial charge in [0.2, 0.25) is 10.0 Å². The predicted molar refractivity (Wildman–Crippen MR) is 62.6 cm³/mol. The fourth-order valence-corrected chi connectivity index (χ4v) is 2.26. The van der Waals surface area contributed by atoms with Crippen LogP contribution in [0.1, 0.15) is 17.3 Å². The molecule has 0 aliphatic rings. The fraction of sp³-hybridized carbons (Fsp3) is 0.364. The van der Waals surface area contributed by atoms with Crippen molar-refractivity contribution in [2.75, 3.05) is 6.54 Å². The Labute approximate surface area is 112 Å². The molecule has 0 saturated heterocycles. The lowest BCUT2D eigenvalue weighted by Gasteiger charge is -2.15. The molecule has 0 aliphatic carbocycles. The van der Waals surface area contributed by atoms with Crippen molar-refractivity contribution in [3.05, 3.63) is 29.8 Å². The zero-order valence-electron chi connectivity index (χ0n) is 10.2. The van der Waals surface area contributed by atoms with Crippen molar-refractivity contribution in [1.82, 2.24) is 4.72 Å². The Morgan fingerprint density at radius 1 is 1.25 bits per heavy atom. The Bertz CT molecular complexity index is 584. The van der Waals surface area contributed by atoms with E-state index in [4.69, 9.17) is 0 Å². The summed E-state index contributed by atoms with van der Waals surface area (Å²) in [4.78, 5) is 10.6. The van der Waals surface area contributed by atoms with Crippen molar-refractivity contribution in [1.29, 1.82) is 0 Å². The van der Waals surface area contributed by atoms with Gasteiger partial charge in [-0.05, 0) is 19.1 Å². The lowest BCUT2D eigenvalue weighted by molar-refractivity contribution is -0.122. The minimum absolute atomic E-state index is 0.238. The predicted octanol–water partition coefficient (Wildman–Crippen LogP) is 2.07. The number of Topliss-reactive ketones (excluding diaryl/α,β-unsaturated/α-hetero) is 1. The lowest BCUT2D eigenvalue weighted by Crippen LogP contribution is -2.41. The minimum atomic E-state index is -4.45. The first kappa shape index (κ1) is 16.6. The largest absolute Gasteiger partial charge is 0.320 e. The van der Waals surface area contributed by atoms with Crippen LogP contribution in [0.4, 0.5) is 17.6 Å². The first-order valence-electron chi connectivity index (χ1n) is 5.33. The number of carbonyl (C=O) groups excluding carboxylic acids is 1. The second kappa shape index (κ2) is 5.88. The maximum absolute atomic E-state index is 12.6. The molecule has 1 aromatic carbocycles. The standard InChI is InChI=1S/C11H11F4NO3S/c1-7(17)8-2-4-9(5-3-8)20(18,19)16-6-11(14,15)10(12)13/h2-5,10,16H,6H2,1H3. The molecule has 0 bridgehead atoms. The average molecular weight is 313 g/mol. The van der Waals surface area contributed by atoms with Gasteiger partial charge in [-0.2, -0.15) is 8.78 Å². The number of carbonyl (C=O) groups is 1. The summed E-state index contributed by atoms with van der Waals surface area (Å²) >= 11 is 0. The maximum Gasteiger partial charge on any atom is 0.320 e. The summed E-state index contributed by atoms with van der Waals surface area (Å²) in [5.74, 6) is -4.75. The molecule has 0 amide bonds. The molecule has 112 valence electrons. The summed E-state index contributed by atoms with van der Waals surface area (Å²) in [5.41, 5.74) is 0.238. The number of benzene rings is 1. The van der Waals surface area contributed by atoms with Crippen molar-refractivity contribution in [2.24, 2.45) is 0 Å². The third-order valence-corrected chi connectivity index (χ3v) is 3.81. The van der Waals surface area contributed by atoms with E-state index in [1.807, 2.05) is 0 Å². The van der Waals surface area contributed by atoms with Crippen LogP contribution in [-0.4, -0.2) is 33.1 Å². The molecule has 1 rings (SSSR count). The molecule has 0 radical (unpaired) electrons. The molecule has 4 nitrogen and oxygen atoms in total. The van der Waals surface area contributed by atoms with Crippen LogP contribution in [0.25, 0.3) is 0 Å². The van der Waals surface area contributed by atoms with Gasteiger partial charge in [-0.3, -0.25) is 4.79 Å². The van der Waals surface area contributed by atoms with Gasteiger partial charge in [0.05, 0.1) is 11.4 Å². The Balaban J connectivity index is 2.87. The third kappa shape index (κ3) is 4.01. The van der Waals surface area contributed by atoms with E-state index in [-0.39, 0.29) is 11.3 Å². The highest BCUT2D eigenvalue weighted by Gasteiger charge is 2.41. The summed E-state index contributed by atoms with van der Waals surface area (Å²) in [6.45, 7) is -0.438. The van der Waals surface area contributed by atoms with Gasteiger partial charge < -0.3 is 0 Å². The van der Waals surface area contributed by atoms with E-state index >= 15 is 0 Å². The fourth-order valence-electron chi connectivity index (χ4n) is 1.22. The number of rotatable bonds is 6. The van der Waals surface area contributed by atoms with Gasteiger partial charge in [0.25, 0.3) is 0 Å². The smallest absolute Gasteiger partial charge is 0.295 e. The number of ketones is 1. The molecule has 9 heteroatoms. The number of alkyl halides is 4. The molecule has 1 aromatic rings. The topological polar surface area (TPSA) is 63.2 Å².